The molecule has 0 bridgehead atoms. The number of hydrogen-bond acceptors (Lipinski definition) is 4. The average Bonchev–Trinajstić information content (AvgIpc) is 3.44. The molecule has 2 aromatic carbocycles. The van der Waals surface area contributed by atoms with Gasteiger partial charge in [0.05, 0.1) is 18.3 Å². The highest BCUT2D eigenvalue weighted by Crippen LogP contribution is 2.35. The number of aryl methyl sites for hydroxylation is 1. The number of rotatable bonds is 3. The van der Waals surface area contributed by atoms with Gasteiger partial charge >= 0.3 is 0 Å². The molecule has 0 radical (unpaired) electrons. The van der Waals surface area contributed by atoms with Crippen LogP contribution in [0.5, 0.6) is 0 Å². The first-order chi connectivity index (χ1) is 14.1. The Labute approximate surface area is 166 Å². The highest BCUT2D eigenvalue weighted by atomic mass is 16.2. The van der Waals surface area contributed by atoms with Crippen LogP contribution in [-0.4, -0.2) is 36.7 Å². The number of imide groups is 1. The average molecular weight is 383 g/mol. The molecule has 4 aromatic rings. The second-order valence-corrected chi connectivity index (χ2v) is 7.00. The molecule has 0 saturated heterocycles. The molecule has 1 N–H and O–H groups in total. The van der Waals surface area contributed by atoms with Gasteiger partial charge in [0, 0.05) is 29.8 Å². The Hall–Kier alpha value is -4.00. The number of nitrogens with zero attached hydrogens (tertiary/aromatic N) is 4. The Balaban J connectivity index is 1.64. The van der Waals surface area contributed by atoms with Gasteiger partial charge in [0.2, 0.25) is 0 Å². The minimum absolute atomic E-state index is 0.244. The highest BCUT2D eigenvalue weighted by Gasteiger charge is 2.32. The predicted molar refractivity (Wildman–Crippen MR) is 109 cm³/mol. The number of benzene rings is 2. The summed E-state index contributed by atoms with van der Waals surface area (Å²) in [5.41, 5.74) is 5.95. The van der Waals surface area contributed by atoms with Crippen molar-refractivity contribution in [2.75, 3.05) is 0 Å². The lowest BCUT2D eigenvalue weighted by Crippen LogP contribution is -2.29. The summed E-state index contributed by atoms with van der Waals surface area (Å²) < 4.78 is 1.74. The van der Waals surface area contributed by atoms with E-state index < -0.39 is 0 Å². The second kappa shape index (κ2) is 6.27. The molecule has 5 rings (SSSR count). The summed E-state index contributed by atoms with van der Waals surface area (Å²) in [6, 6.07) is 11.6. The van der Waals surface area contributed by atoms with Gasteiger partial charge in [-0.15, -0.1) is 0 Å². The van der Waals surface area contributed by atoms with Crippen LogP contribution in [0.15, 0.2) is 61.4 Å². The van der Waals surface area contributed by atoms with E-state index in [2.05, 4.69) is 27.9 Å². The van der Waals surface area contributed by atoms with Crippen LogP contribution in [0.1, 0.15) is 15.9 Å². The van der Waals surface area contributed by atoms with E-state index in [1.165, 1.54) is 11.0 Å². The Morgan fingerprint density at radius 3 is 2.79 bits per heavy atom. The quantitative estimate of drug-likeness (QED) is 0.550. The third-order valence-electron chi connectivity index (χ3n) is 5.26. The van der Waals surface area contributed by atoms with E-state index in [4.69, 9.17) is 0 Å². The van der Waals surface area contributed by atoms with E-state index in [0.717, 1.165) is 38.9 Å². The standard InChI is InChI=1S/C22H17N5O2/c1-3-20(28)27-12-18-15(5-4-6-16(18)22(27)29)13-7-8-19-17(9-13)21(25-24-19)14-10-23-26(2)11-14/h3-11H,1,12H2,2H3,(H,24,25). The van der Waals surface area contributed by atoms with Crippen LogP contribution >= 0.6 is 0 Å². The zero-order valence-corrected chi connectivity index (χ0v) is 15.7. The van der Waals surface area contributed by atoms with Crippen LogP contribution in [0.2, 0.25) is 0 Å². The molecule has 3 heterocycles. The lowest BCUT2D eigenvalue weighted by atomic mass is 9.95. The van der Waals surface area contributed by atoms with Crippen molar-refractivity contribution in [3.05, 3.63) is 72.6 Å². The lowest BCUT2D eigenvalue weighted by molar-refractivity contribution is -0.123. The molecular formula is C22H17N5O2. The molecule has 142 valence electrons. The number of carbonyl (C=O) groups excluding carboxylic acids is 2. The summed E-state index contributed by atoms with van der Waals surface area (Å²) in [6.07, 6.45) is 4.86. The Kier molecular flexibility index (Phi) is 3.70. The van der Waals surface area contributed by atoms with E-state index >= 15 is 0 Å². The van der Waals surface area contributed by atoms with Crippen molar-refractivity contribution < 1.29 is 9.59 Å². The predicted octanol–water partition coefficient (Wildman–Crippen LogP) is 3.30. The monoisotopic (exact) mass is 383 g/mol. The first kappa shape index (κ1) is 17.1. The van der Waals surface area contributed by atoms with Crippen LogP contribution in [-0.2, 0) is 18.4 Å². The zero-order chi connectivity index (χ0) is 20.1. The number of H-pyrrole nitrogens is 1. The van der Waals surface area contributed by atoms with Gasteiger partial charge in [-0.2, -0.15) is 10.2 Å². The van der Waals surface area contributed by atoms with Gasteiger partial charge in [0.25, 0.3) is 11.8 Å². The highest BCUT2D eigenvalue weighted by molar-refractivity contribution is 6.11. The van der Waals surface area contributed by atoms with Crippen molar-refractivity contribution in [2.24, 2.45) is 7.05 Å². The van der Waals surface area contributed by atoms with Crippen molar-refractivity contribution >= 4 is 22.7 Å². The van der Waals surface area contributed by atoms with E-state index in [1.54, 1.807) is 16.9 Å². The summed E-state index contributed by atoms with van der Waals surface area (Å²) >= 11 is 0. The van der Waals surface area contributed by atoms with Crippen LogP contribution in [0.3, 0.4) is 0 Å². The Morgan fingerprint density at radius 2 is 2.03 bits per heavy atom. The summed E-state index contributed by atoms with van der Waals surface area (Å²) in [6.45, 7) is 3.73. The zero-order valence-electron chi connectivity index (χ0n) is 15.7. The molecule has 0 spiro atoms. The molecule has 7 heteroatoms. The van der Waals surface area contributed by atoms with Crippen molar-refractivity contribution in [3.8, 4) is 22.4 Å². The number of aromatic amines is 1. The van der Waals surface area contributed by atoms with E-state index in [9.17, 15) is 9.59 Å². The van der Waals surface area contributed by atoms with E-state index in [0.29, 0.717) is 5.56 Å². The molecule has 1 aliphatic heterocycles. The topological polar surface area (TPSA) is 83.9 Å². The number of carbonyl (C=O) groups is 2. The van der Waals surface area contributed by atoms with Crippen molar-refractivity contribution in [1.82, 2.24) is 24.9 Å². The third-order valence-corrected chi connectivity index (χ3v) is 5.26. The summed E-state index contributed by atoms with van der Waals surface area (Å²) in [5, 5.41) is 12.7. The van der Waals surface area contributed by atoms with Gasteiger partial charge in [-0.1, -0.05) is 24.8 Å². The molecule has 0 saturated carbocycles. The van der Waals surface area contributed by atoms with Gasteiger partial charge in [-0.25, -0.2) is 0 Å². The van der Waals surface area contributed by atoms with Crippen molar-refractivity contribution in [2.45, 2.75) is 6.54 Å². The Bertz CT molecular complexity index is 1310. The van der Waals surface area contributed by atoms with E-state index in [1.807, 2.05) is 37.5 Å². The number of nitrogens with one attached hydrogen (secondary N) is 1. The first-order valence-electron chi connectivity index (χ1n) is 9.14. The number of hydrogen-bond donors (Lipinski definition) is 1. The summed E-state index contributed by atoms with van der Waals surface area (Å²) in [5.74, 6) is -0.673. The summed E-state index contributed by atoms with van der Waals surface area (Å²) in [7, 11) is 1.87. The van der Waals surface area contributed by atoms with Crippen molar-refractivity contribution in [3.63, 3.8) is 0 Å². The fraction of sp³-hybridized carbons (Fsp3) is 0.0909. The molecule has 2 amide bonds. The smallest absolute Gasteiger partial charge is 0.261 e. The second-order valence-electron chi connectivity index (χ2n) is 7.00. The van der Waals surface area contributed by atoms with Gasteiger partial charge in [0.1, 0.15) is 5.69 Å². The fourth-order valence-corrected chi connectivity index (χ4v) is 3.84. The first-order valence-corrected chi connectivity index (χ1v) is 9.14. The maximum Gasteiger partial charge on any atom is 0.261 e. The van der Waals surface area contributed by atoms with Crippen LogP contribution in [0, 0.1) is 0 Å². The largest absolute Gasteiger partial charge is 0.277 e. The molecule has 7 nitrogen and oxygen atoms in total. The van der Waals surface area contributed by atoms with Crippen molar-refractivity contribution in [1.29, 1.82) is 0 Å². The number of aromatic nitrogens is 4. The van der Waals surface area contributed by atoms with Gasteiger partial charge in [-0.05, 0) is 41.0 Å². The molecule has 0 unspecified atom stereocenters. The van der Waals surface area contributed by atoms with Crippen LogP contribution in [0.25, 0.3) is 33.3 Å². The minimum Gasteiger partial charge on any atom is -0.277 e. The number of amides is 2. The molecule has 0 fully saturated rings. The molecule has 2 aromatic heterocycles. The van der Waals surface area contributed by atoms with Gasteiger partial charge < -0.3 is 0 Å². The molecule has 29 heavy (non-hydrogen) atoms. The van der Waals surface area contributed by atoms with E-state index in [-0.39, 0.29) is 18.4 Å². The number of fused-ring (bicyclic) bond motifs is 2. The normalized spacial score (nSPS) is 13.1. The summed E-state index contributed by atoms with van der Waals surface area (Å²) in [4.78, 5) is 25.9. The van der Waals surface area contributed by atoms with Gasteiger partial charge in [-0.3, -0.25) is 24.3 Å². The minimum atomic E-state index is -0.388. The maximum absolute atomic E-state index is 12.6. The molecule has 0 aliphatic carbocycles. The van der Waals surface area contributed by atoms with Gasteiger partial charge in [0.15, 0.2) is 0 Å². The SMILES string of the molecule is C=CC(=O)N1Cc2c(cccc2-c2ccc3[nH]nc(-c4cnn(C)c4)c3c2)C1=O. The maximum atomic E-state index is 12.6. The molecule has 1 aliphatic rings. The molecule has 0 atom stereocenters. The molecular weight excluding hydrogens is 366 g/mol. The fourth-order valence-electron chi connectivity index (χ4n) is 3.84. The Morgan fingerprint density at radius 1 is 1.21 bits per heavy atom. The lowest BCUT2D eigenvalue weighted by Gasteiger charge is -2.11. The van der Waals surface area contributed by atoms with Crippen LogP contribution < -0.4 is 0 Å². The van der Waals surface area contributed by atoms with Crippen LogP contribution in [0.4, 0.5) is 0 Å². The third kappa shape index (κ3) is 2.59.